The second-order valence-corrected chi connectivity index (χ2v) is 7.42. The van der Waals surface area contributed by atoms with Crippen molar-refractivity contribution < 1.29 is 4.79 Å². The van der Waals surface area contributed by atoms with E-state index in [-0.39, 0.29) is 16.6 Å². The number of carbonyl (C=O) groups excluding carboxylic acids is 1. The fraction of sp³-hybridized carbons (Fsp3) is 0.706. The minimum atomic E-state index is 0.109. The average Bonchev–Trinajstić information content (AvgIpc) is 2.13. The third-order valence-electron chi connectivity index (χ3n) is 3.11. The van der Waals surface area contributed by atoms with E-state index in [2.05, 4.69) is 54.5 Å². The maximum absolute atomic E-state index is 11.1. The Morgan fingerprint density at radius 2 is 1.56 bits per heavy atom. The molecule has 1 nitrogen and oxygen atoms in total. The minimum Gasteiger partial charge on any atom is -0.295 e. The van der Waals surface area contributed by atoms with Crippen LogP contribution in [0.5, 0.6) is 0 Å². The molecular weight excluding hydrogens is 220 g/mol. The highest BCUT2D eigenvalue weighted by atomic mass is 16.1. The molecule has 0 aliphatic heterocycles. The normalized spacial score (nSPS) is 16.1. The summed E-state index contributed by atoms with van der Waals surface area (Å²) in [6.45, 7) is 17.3. The molecule has 0 aromatic heterocycles. The lowest BCUT2D eigenvalue weighted by Crippen LogP contribution is -2.26. The molecule has 104 valence electrons. The van der Waals surface area contributed by atoms with Crippen LogP contribution in [0.4, 0.5) is 0 Å². The third kappa shape index (κ3) is 6.78. The zero-order valence-electron chi connectivity index (χ0n) is 13.4. The maximum atomic E-state index is 11.1. The van der Waals surface area contributed by atoms with Crippen LogP contribution in [-0.4, -0.2) is 5.78 Å². The van der Waals surface area contributed by atoms with Crippen LogP contribution in [0.3, 0.4) is 0 Å². The van der Waals surface area contributed by atoms with Crippen LogP contribution in [-0.2, 0) is 4.79 Å². The van der Waals surface area contributed by atoms with E-state index in [1.54, 1.807) is 13.0 Å². The van der Waals surface area contributed by atoms with Crippen LogP contribution in [0.15, 0.2) is 23.8 Å². The lowest BCUT2D eigenvalue weighted by molar-refractivity contribution is -0.112. The highest BCUT2D eigenvalue weighted by Gasteiger charge is 2.30. The largest absolute Gasteiger partial charge is 0.295 e. The minimum absolute atomic E-state index is 0.109. The first-order chi connectivity index (χ1) is 7.97. The highest BCUT2D eigenvalue weighted by molar-refractivity contribution is 5.87. The van der Waals surface area contributed by atoms with Crippen LogP contribution in [0.2, 0.25) is 0 Å². The summed E-state index contributed by atoms with van der Waals surface area (Å²) in [4.78, 5) is 11.1. The number of carbonyl (C=O) groups is 1. The quantitative estimate of drug-likeness (QED) is 0.496. The van der Waals surface area contributed by atoms with Gasteiger partial charge in [0, 0.05) is 0 Å². The molecule has 0 aromatic rings. The van der Waals surface area contributed by atoms with Crippen LogP contribution in [0.25, 0.3) is 0 Å². The molecule has 1 heteroatoms. The summed E-state index contributed by atoms with van der Waals surface area (Å²) in [6, 6.07) is 0. The van der Waals surface area contributed by atoms with E-state index >= 15 is 0 Å². The summed E-state index contributed by atoms with van der Waals surface area (Å²) in [5.74, 6) is 0.580. The fourth-order valence-electron chi connectivity index (χ4n) is 2.16. The summed E-state index contributed by atoms with van der Waals surface area (Å²) in [5.41, 5.74) is 1.76. The molecule has 0 amide bonds. The first kappa shape index (κ1) is 17.2. The molecule has 0 saturated carbocycles. The van der Waals surface area contributed by atoms with Gasteiger partial charge in [-0.2, -0.15) is 0 Å². The molecule has 0 fully saturated rings. The van der Waals surface area contributed by atoms with Gasteiger partial charge in [-0.25, -0.2) is 0 Å². The van der Waals surface area contributed by atoms with E-state index < -0.39 is 0 Å². The summed E-state index contributed by atoms with van der Waals surface area (Å²) in [7, 11) is 0. The molecule has 0 saturated heterocycles. The molecule has 0 bridgehead atoms. The van der Waals surface area contributed by atoms with Crippen molar-refractivity contribution in [3.8, 4) is 0 Å². The van der Waals surface area contributed by atoms with Gasteiger partial charge in [0.25, 0.3) is 0 Å². The maximum Gasteiger partial charge on any atom is 0.152 e. The van der Waals surface area contributed by atoms with Crippen molar-refractivity contribution in [2.75, 3.05) is 0 Å². The Morgan fingerprint density at radius 1 is 1.06 bits per heavy atom. The number of hydrogen-bond acceptors (Lipinski definition) is 1. The predicted molar refractivity (Wildman–Crippen MR) is 80.6 cm³/mol. The van der Waals surface area contributed by atoms with Gasteiger partial charge in [-0.1, -0.05) is 53.7 Å². The van der Waals surface area contributed by atoms with Gasteiger partial charge in [-0.15, -0.1) is 0 Å². The summed E-state index contributed by atoms with van der Waals surface area (Å²) in [5, 5.41) is 0. The SMILES string of the molecule is CC=C(/C=C\C(C)=O)C(CC(C)(C)C)C(C)(C)C. The monoisotopic (exact) mass is 250 g/mol. The lowest BCUT2D eigenvalue weighted by atomic mass is 9.68. The number of hydrogen-bond donors (Lipinski definition) is 0. The number of rotatable bonds is 4. The predicted octanol–water partition coefficient (Wildman–Crippen LogP) is 5.18. The summed E-state index contributed by atoms with van der Waals surface area (Å²) >= 11 is 0. The molecule has 18 heavy (non-hydrogen) atoms. The second-order valence-electron chi connectivity index (χ2n) is 7.42. The third-order valence-corrected chi connectivity index (χ3v) is 3.11. The van der Waals surface area contributed by atoms with Crippen LogP contribution >= 0.6 is 0 Å². The number of allylic oxidation sites excluding steroid dienone is 4. The zero-order valence-corrected chi connectivity index (χ0v) is 13.4. The molecule has 0 rings (SSSR count). The summed E-state index contributed by atoms with van der Waals surface area (Å²) < 4.78 is 0. The first-order valence-electron chi connectivity index (χ1n) is 6.82. The lowest BCUT2D eigenvalue weighted by Gasteiger charge is -2.36. The summed E-state index contributed by atoms with van der Waals surface area (Å²) in [6.07, 6.45) is 6.93. The van der Waals surface area contributed by atoms with Gasteiger partial charge in [0.1, 0.15) is 0 Å². The average molecular weight is 250 g/mol. The van der Waals surface area contributed by atoms with Gasteiger partial charge in [0.2, 0.25) is 0 Å². The van der Waals surface area contributed by atoms with Gasteiger partial charge in [0.15, 0.2) is 5.78 Å². The van der Waals surface area contributed by atoms with Crippen molar-refractivity contribution in [2.45, 2.75) is 61.8 Å². The molecule has 0 aliphatic carbocycles. The van der Waals surface area contributed by atoms with E-state index in [1.165, 1.54) is 5.57 Å². The Labute approximate surface area is 113 Å². The highest BCUT2D eigenvalue weighted by Crippen LogP contribution is 2.40. The Kier molecular flexibility index (Phi) is 6.06. The van der Waals surface area contributed by atoms with Crippen molar-refractivity contribution in [2.24, 2.45) is 16.7 Å². The smallest absolute Gasteiger partial charge is 0.152 e. The number of ketones is 1. The Hall–Kier alpha value is -0.850. The van der Waals surface area contributed by atoms with E-state index in [9.17, 15) is 4.79 Å². The van der Waals surface area contributed by atoms with Crippen LogP contribution in [0, 0.1) is 16.7 Å². The fourth-order valence-corrected chi connectivity index (χ4v) is 2.16. The van der Waals surface area contributed by atoms with Gasteiger partial charge in [-0.05, 0) is 48.7 Å². The van der Waals surface area contributed by atoms with E-state index in [0.717, 1.165) is 6.42 Å². The van der Waals surface area contributed by atoms with Gasteiger partial charge >= 0.3 is 0 Å². The van der Waals surface area contributed by atoms with Crippen molar-refractivity contribution in [1.82, 2.24) is 0 Å². The Morgan fingerprint density at radius 3 is 1.83 bits per heavy atom. The molecule has 1 unspecified atom stereocenters. The van der Waals surface area contributed by atoms with Gasteiger partial charge < -0.3 is 0 Å². The van der Waals surface area contributed by atoms with E-state index in [4.69, 9.17) is 0 Å². The molecular formula is C17H30O. The molecule has 0 spiro atoms. The molecule has 0 heterocycles. The molecule has 1 atom stereocenters. The van der Waals surface area contributed by atoms with Gasteiger partial charge in [-0.3, -0.25) is 4.79 Å². The van der Waals surface area contributed by atoms with Crippen molar-refractivity contribution in [3.05, 3.63) is 23.8 Å². The topological polar surface area (TPSA) is 17.1 Å². The van der Waals surface area contributed by atoms with Crippen molar-refractivity contribution in [1.29, 1.82) is 0 Å². The Bertz CT molecular complexity index is 332. The van der Waals surface area contributed by atoms with Gasteiger partial charge in [0.05, 0.1) is 0 Å². The second kappa shape index (κ2) is 6.36. The molecule has 0 aliphatic rings. The van der Waals surface area contributed by atoms with Crippen LogP contribution < -0.4 is 0 Å². The van der Waals surface area contributed by atoms with Crippen LogP contribution in [0.1, 0.15) is 61.8 Å². The zero-order chi connectivity index (χ0) is 14.6. The first-order valence-corrected chi connectivity index (χ1v) is 6.82. The Balaban J connectivity index is 5.24. The van der Waals surface area contributed by atoms with E-state index in [1.807, 2.05) is 6.08 Å². The van der Waals surface area contributed by atoms with Crippen molar-refractivity contribution in [3.63, 3.8) is 0 Å². The van der Waals surface area contributed by atoms with Crippen molar-refractivity contribution >= 4 is 5.78 Å². The standard InChI is InChI=1S/C17H30O/c1-9-14(11-10-13(2)18)15(17(6,7)8)12-16(3,4)5/h9-11,15H,12H2,1-8H3/b11-10-,14-9?. The molecule has 0 radical (unpaired) electrons. The molecule has 0 aromatic carbocycles. The molecule has 0 N–H and O–H groups in total. The van der Waals surface area contributed by atoms with E-state index in [0.29, 0.717) is 5.92 Å².